The number of nitrogens with zero attached hydrogens (tertiary/aromatic N) is 2. The maximum absolute atomic E-state index is 5.82. The topological polar surface area (TPSA) is 51.3 Å². The molecule has 0 unspecified atom stereocenters. The van der Waals surface area contributed by atoms with E-state index >= 15 is 0 Å². The van der Waals surface area contributed by atoms with Gasteiger partial charge in [0.05, 0.1) is 0 Å². The minimum atomic E-state index is 0.178. The minimum absolute atomic E-state index is 0.178. The average molecular weight is 191 g/mol. The van der Waals surface area contributed by atoms with Crippen LogP contribution in [0.1, 0.15) is 26.3 Å². The van der Waals surface area contributed by atoms with E-state index in [1.54, 1.807) is 12.4 Å². The summed E-state index contributed by atoms with van der Waals surface area (Å²) in [6, 6.07) is 3.73. The zero-order valence-corrected chi connectivity index (χ0v) is 8.99. The lowest BCUT2D eigenvalue weighted by atomic mass is 9.97. The molecule has 3 nitrogen and oxygen atoms in total. The summed E-state index contributed by atoms with van der Waals surface area (Å²) >= 11 is 0. The molecule has 0 radical (unpaired) electrons. The van der Waals surface area contributed by atoms with Crippen LogP contribution in [-0.2, 0) is 0 Å². The first-order valence-corrected chi connectivity index (χ1v) is 4.69. The zero-order valence-electron chi connectivity index (χ0n) is 8.99. The molecule has 0 aromatic carbocycles. The number of nitrogens with two attached hydrogens (primary N) is 1. The van der Waals surface area contributed by atoms with Crippen molar-refractivity contribution in [1.29, 1.82) is 0 Å². The molecule has 14 heavy (non-hydrogen) atoms. The Labute approximate surface area is 85.1 Å². The lowest BCUT2D eigenvalue weighted by Gasteiger charge is -2.14. The summed E-state index contributed by atoms with van der Waals surface area (Å²) in [5.41, 5.74) is 6.94. The van der Waals surface area contributed by atoms with Crippen LogP contribution in [0.2, 0.25) is 0 Å². The smallest absolute Gasteiger partial charge is 0.125 e. The number of hydrogen-bond acceptors (Lipinski definition) is 2. The van der Waals surface area contributed by atoms with Gasteiger partial charge in [0.15, 0.2) is 0 Å². The van der Waals surface area contributed by atoms with Gasteiger partial charge in [-0.05, 0) is 17.5 Å². The maximum Gasteiger partial charge on any atom is 0.125 e. The van der Waals surface area contributed by atoms with Crippen LogP contribution >= 0.6 is 0 Å². The van der Waals surface area contributed by atoms with E-state index < -0.39 is 0 Å². The molecule has 0 saturated carbocycles. The van der Waals surface area contributed by atoms with E-state index in [0.29, 0.717) is 5.84 Å². The lowest BCUT2D eigenvalue weighted by molar-refractivity contribution is 0.429. The van der Waals surface area contributed by atoms with E-state index in [4.69, 9.17) is 5.73 Å². The zero-order chi connectivity index (χ0) is 10.6. The fourth-order valence-electron chi connectivity index (χ4n) is 0.936. The van der Waals surface area contributed by atoms with Crippen molar-refractivity contribution in [3.8, 4) is 0 Å². The summed E-state index contributed by atoms with van der Waals surface area (Å²) < 4.78 is 0. The second-order valence-electron chi connectivity index (χ2n) is 4.50. The van der Waals surface area contributed by atoms with Gasteiger partial charge in [-0.3, -0.25) is 9.98 Å². The fourth-order valence-corrected chi connectivity index (χ4v) is 0.936. The Morgan fingerprint density at radius 1 is 1.36 bits per heavy atom. The van der Waals surface area contributed by atoms with Gasteiger partial charge < -0.3 is 5.73 Å². The number of amidine groups is 1. The van der Waals surface area contributed by atoms with Crippen LogP contribution < -0.4 is 5.73 Å². The Balaban J connectivity index is 2.71. The van der Waals surface area contributed by atoms with Crippen molar-refractivity contribution in [3.63, 3.8) is 0 Å². The number of hydrogen-bond donors (Lipinski definition) is 1. The SMILES string of the molecule is CC(C)(C)C/N=C(\N)c1ccncc1. The Morgan fingerprint density at radius 3 is 2.43 bits per heavy atom. The first-order valence-electron chi connectivity index (χ1n) is 4.69. The molecule has 1 aromatic rings. The van der Waals surface area contributed by atoms with Gasteiger partial charge in [-0.1, -0.05) is 20.8 Å². The summed E-state index contributed by atoms with van der Waals surface area (Å²) in [5, 5.41) is 0. The number of aromatic nitrogens is 1. The van der Waals surface area contributed by atoms with Crippen LogP contribution in [0.3, 0.4) is 0 Å². The highest BCUT2D eigenvalue weighted by molar-refractivity contribution is 5.97. The van der Waals surface area contributed by atoms with Gasteiger partial charge in [-0.25, -0.2) is 0 Å². The van der Waals surface area contributed by atoms with E-state index in [0.717, 1.165) is 12.1 Å². The van der Waals surface area contributed by atoms with Gasteiger partial charge in [-0.2, -0.15) is 0 Å². The Hall–Kier alpha value is -1.38. The lowest BCUT2D eigenvalue weighted by Crippen LogP contribution is -2.18. The van der Waals surface area contributed by atoms with Gasteiger partial charge in [0, 0.05) is 24.5 Å². The number of aliphatic imine (C=N–C) groups is 1. The third-order valence-electron chi connectivity index (χ3n) is 1.70. The predicted octanol–water partition coefficient (Wildman–Crippen LogP) is 1.83. The highest BCUT2D eigenvalue weighted by atomic mass is 14.9. The molecular weight excluding hydrogens is 174 g/mol. The van der Waals surface area contributed by atoms with Crippen LogP contribution in [0.25, 0.3) is 0 Å². The van der Waals surface area contributed by atoms with E-state index in [1.165, 1.54) is 0 Å². The van der Waals surface area contributed by atoms with E-state index in [1.807, 2.05) is 12.1 Å². The van der Waals surface area contributed by atoms with Crippen LogP contribution in [-0.4, -0.2) is 17.4 Å². The van der Waals surface area contributed by atoms with Crippen molar-refractivity contribution in [3.05, 3.63) is 30.1 Å². The predicted molar refractivity (Wildman–Crippen MR) is 59.3 cm³/mol. The summed E-state index contributed by atoms with van der Waals surface area (Å²) in [5.74, 6) is 0.585. The van der Waals surface area contributed by atoms with Crippen LogP contribution in [0.5, 0.6) is 0 Å². The van der Waals surface area contributed by atoms with Gasteiger partial charge in [0.1, 0.15) is 5.84 Å². The third-order valence-corrected chi connectivity index (χ3v) is 1.70. The van der Waals surface area contributed by atoms with Gasteiger partial charge in [0.25, 0.3) is 0 Å². The van der Waals surface area contributed by atoms with Crippen molar-refractivity contribution in [1.82, 2.24) is 4.98 Å². The quantitative estimate of drug-likeness (QED) is 0.572. The molecule has 0 amide bonds. The molecule has 1 heterocycles. The van der Waals surface area contributed by atoms with Gasteiger partial charge >= 0.3 is 0 Å². The Morgan fingerprint density at radius 2 is 1.93 bits per heavy atom. The second kappa shape index (κ2) is 4.22. The van der Waals surface area contributed by atoms with E-state index in [2.05, 4.69) is 30.7 Å². The maximum atomic E-state index is 5.82. The second-order valence-corrected chi connectivity index (χ2v) is 4.50. The highest BCUT2D eigenvalue weighted by Gasteiger charge is 2.09. The first-order chi connectivity index (χ1) is 6.49. The summed E-state index contributed by atoms with van der Waals surface area (Å²) in [6.07, 6.45) is 3.43. The van der Waals surface area contributed by atoms with Gasteiger partial charge in [0.2, 0.25) is 0 Å². The monoisotopic (exact) mass is 191 g/mol. The first kappa shape index (κ1) is 10.7. The molecule has 0 aliphatic rings. The molecule has 0 fully saturated rings. The molecule has 76 valence electrons. The van der Waals surface area contributed by atoms with Crippen molar-refractivity contribution in [2.24, 2.45) is 16.1 Å². The molecule has 0 atom stereocenters. The molecule has 0 aliphatic carbocycles. The Bertz CT molecular complexity index is 309. The molecule has 0 aliphatic heterocycles. The molecule has 1 rings (SSSR count). The van der Waals surface area contributed by atoms with Crippen molar-refractivity contribution in [2.75, 3.05) is 6.54 Å². The van der Waals surface area contributed by atoms with Gasteiger partial charge in [-0.15, -0.1) is 0 Å². The summed E-state index contributed by atoms with van der Waals surface area (Å²) in [6.45, 7) is 7.14. The normalized spacial score (nSPS) is 12.9. The van der Waals surface area contributed by atoms with Crippen LogP contribution in [0.4, 0.5) is 0 Å². The minimum Gasteiger partial charge on any atom is -0.384 e. The third kappa shape index (κ3) is 3.56. The molecule has 1 aromatic heterocycles. The van der Waals surface area contributed by atoms with Crippen LogP contribution in [0, 0.1) is 5.41 Å². The van der Waals surface area contributed by atoms with E-state index in [-0.39, 0.29) is 5.41 Å². The molecule has 0 bridgehead atoms. The number of pyridine rings is 1. The standard InChI is InChI=1S/C11H17N3/c1-11(2,3)8-14-10(12)9-4-6-13-7-5-9/h4-7H,8H2,1-3H3,(H2,12,14). The van der Waals surface area contributed by atoms with Crippen molar-refractivity contribution in [2.45, 2.75) is 20.8 Å². The highest BCUT2D eigenvalue weighted by Crippen LogP contribution is 2.13. The fraction of sp³-hybridized carbons (Fsp3) is 0.455. The summed E-state index contributed by atoms with van der Waals surface area (Å²) in [7, 11) is 0. The molecule has 0 saturated heterocycles. The Kier molecular flexibility index (Phi) is 3.23. The average Bonchev–Trinajstić information content (AvgIpc) is 2.14. The summed E-state index contributed by atoms with van der Waals surface area (Å²) in [4.78, 5) is 8.26. The molecule has 0 spiro atoms. The molecular formula is C11H17N3. The molecule has 2 N–H and O–H groups in total. The molecule has 3 heteroatoms. The number of rotatable bonds is 2. The largest absolute Gasteiger partial charge is 0.384 e. The van der Waals surface area contributed by atoms with E-state index in [9.17, 15) is 0 Å². The van der Waals surface area contributed by atoms with Crippen molar-refractivity contribution >= 4 is 5.84 Å². The van der Waals surface area contributed by atoms with Crippen LogP contribution in [0.15, 0.2) is 29.5 Å². The van der Waals surface area contributed by atoms with Crippen molar-refractivity contribution < 1.29 is 0 Å².